The molecule has 1 atom stereocenters. The van der Waals surface area contributed by atoms with Crippen LogP contribution in [-0.2, 0) is 4.79 Å². The van der Waals surface area contributed by atoms with Gasteiger partial charge in [0.25, 0.3) is 5.91 Å². The number of carboxylic acids is 1. The highest BCUT2D eigenvalue weighted by molar-refractivity contribution is 9.10. The number of amides is 1. The lowest BCUT2D eigenvalue weighted by molar-refractivity contribution is -0.139. The predicted octanol–water partition coefficient (Wildman–Crippen LogP) is 2.61. The van der Waals surface area contributed by atoms with Gasteiger partial charge in [-0.15, -0.1) is 0 Å². The minimum absolute atomic E-state index is 0.245. The van der Waals surface area contributed by atoms with Crippen LogP contribution in [-0.4, -0.2) is 30.1 Å². The van der Waals surface area contributed by atoms with Crippen molar-refractivity contribution < 1.29 is 19.4 Å². The number of hydrogen-bond donors (Lipinski definition) is 2. The molecule has 0 radical (unpaired) electrons. The maximum Gasteiger partial charge on any atom is 0.326 e. The van der Waals surface area contributed by atoms with E-state index in [1.807, 2.05) is 0 Å². The molecule has 1 amide bonds. The van der Waals surface area contributed by atoms with Crippen LogP contribution in [0.2, 0.25) is 0 Å². The Kier molecular flexibility index (Phi) is 6.24. The zero-order chi connectivity index (χ0) is 15.1. The first kappa shape index (κ1) is 16.2. The third-order valence-corrected chi connectivity index (χ3v) is 3.24. The van der Waals surface area contributed by atoms with E-state index in [1.165, 1.54) is 7.11 Å². The number of hydrogen-bond acceptors (Lipinski definition) is 3. The molecule has 0 aliphatic heterocycles. The largest absolute Gasteiger partial charge is 0.496 e. The Labute approximate surface area is 125 Å². The Morgan fingerprint density at radius 3 is 2.70 bits per heavy atom. The Bertz CT molecular complexity index is 528. The number of allylic oxidation sites excluding steroid dienone is 1. The number of carboxylic acid groups (broad SMARTS) is 1. The summed E-state index contributed by atoms with van der Waals surface area (Å²) in [6, 6.07) is 3.86. The Balaban J connectivity index is 2.83. The summed E-state index contributed by atoms with van der Waals surface area (Å²) in [6.07, 6.45) is 3.68. The minimum Gasteiger partial charge on any atom is -0.496 e. The molecular formula is C14H16BrNO4. The predicted molar refractivity (Wildman–Crippen MR) is 79.0 cm³/mol. The lowest BCUT2D eigenvalue weighted by Gasteiger charge is -2.13. The van der Waals surface area contributed by atoms with E-state index in [0.29, 0.717) is 15.8 Å². The van der Waals surface area contributed by atoms with E-state index in [4.69, 9.17) is 9.84 Å². The summed E-state index contributed by atoms with van der Waals surface area (Å²) in [5.74, 6) is -0.903. The second-order valence-corrected chi connectivity index (χ2v) is 4.87. The fraction of sp³-hybridized carbons (Fsp3) is 0.286. The first-order valence-corrected chi connectivity index (χ1v) is 6.77. The Hall–Kier alpha value is -1.82. The topological polar surface area (TPSA) is 75.6 Å². The number of carbonyl (C=O) groups is 2. The average molecular weight is 342 g/mol. The number of carbonyl (C=O) groups excluding carboxylic acids is 1. The summed E-state index contributed by atoms with van der Waals surface area (Å²) >= 11 is 3.28. The second-order valence-electron chi connectivity index (χ2n) is 4.02. The fourth-order valence-corrected chi connectivity index (χ4v) is 2.08. The summed E-state index contributed by atoms with van der Waals surface area (Å²) in [4.78, 5) is 23.1. The van der Waals surface area contributed by atoms with Crippen molar-refractivity contribution in [1.29, 1.82) is 0 Å². The number of aliphatic carboxylic acids is 1. The van der Waals surface area contributed by atoms with Crippen LogP contribution in [0.5, 0.6) is 5.75 Å². The molecule has 20 heavy (non-hydrogen) atoms. The summed E-state index contributed by atoms with van der Waals surface area (Å²) in [7, 11) is 1.53. The van der Waals surface area contributed by atoms with Gasteiger partial charge in [0.1, 0.15) is 11.8 Å². The van der Waals surface area contributed by atoms with Crippen LogP contribution in [0, 0.1) is 0 Å². The molecule has 0 saturated carbocycles. The molecular weight excluding hydrogens is 326 g/mol. The summed E-state index contributed by atoms with van der Waals surface area (Å²) in [6.45, 7) is 1.79. The Morgan fingerprint density at radius 2 is 2.20 bits per heavy atom. The molecule has 108 valence electrons. The van der Waals surface area contributed by atoms with E-state index >= 15 is 0 Å². The van der Waals surface area contributed by atoms with Crippen molar-refractivity contribution in [2.75, 3.05) is 7.11 Å². The molecule has 0 heterocycles. The van der Waals surface area contributed by atoms with Crippen LogP contribution in [0.4, 0.5) is 0 Å². The molecule has 0 aliphatic rings. The van der Waals surface area contributed by atoms with Gasteiger partial charge >= 0.3 is 5.97 Å². The van der Waals surface area contributed by atoms with E-state index in [-0.39, 0.29) is 6.42 Å². The molecule has 5 nitrogen and oxygen atoms in total. The molecule has 1 aromatic carbocycles. The molecule has 1 rings (SSSR count). The molecule has 6 heteroatoms. The van der Waals surface area contributed by atoms with Gasteiger partial charge < -0.3 is 15.2 Å². The lowest BCUT2D eigenvalue weighted by atomic mass is 10.1. The van der Waals surface area contributed by atoms with Gasteiger partial charge in [-0.3, -0.25) is 4.79 Å². The number of rotatable bonds is 6. The zero-order valence-electron chi connectivity index (χ0n) is 11.2. The number of benzene rings is 1. The molecule has 1 unspecified atom stereocenters. The minimum atomic E-state index is -1.07. The molecule has 0 bridgehead atoms. The van der Waals surface area contributed by atoms with E-state index in [9.17, 15) is 9.59 Å². The maximum atomic E-state index is 12.0. The van der Waals surface area contributed by atoms with Crippen molar-refractivity contribution in [2.24, 2.45) is 0 Å². The van der Waals surface area contributed by atoms with Gasteiger partial charge in [-0.25, -0.2) is 4.79 Å². The van der Waals surface area contributed by atoms with Crippen molar-refractivity contribution >= 4 is 27.8 Å². The third-order valence-electron chi connectivity index (χ3n) is 2.62. The quantitative estimate of drug-likeness (QED) is 0.780. The molecule has 0 spiro atoms. The van der Waals surface area contributed by atoms with Crippen molar-refractivity contribution in [1.82, 2.24) is 5.32 Å². The summed E-state index contributed by atoms with van der Waals surface area (Å²) in [5, 5.41) is 11.5. The monoisotopic (exact) mass is 341 g/mol. The molecule has 0 aromatic heterocycles. The van der Waals surface area contributed by atoms with Gasteiger partial charge in [0, 0.05) is 5.56 Å². The van der Waals surface area contributed by atoms with Gasteiger partial charge in [-0.05, 0) is 47.5 Å². The highest BCUT2D eigenvalue weighted by Crippen LogP contribution is 2.25. The number of nitrogens with one attached hydrogen (secondary N) is 1. The lowest BCUT2D eigenvalue weighted by Crippen LogP contribution is -2.40. The van der Waals surface area contributed by atoms with Crippen molar-refractivity contribution in [3.05, 3.63) is 40.4 Å². The fourth-order valence-electron chi connectivity index (χ4n) is 1.54. The van der Waals surface area contributed by atoms with Gasteiger partial charge in [-0.2, -0.15) is 0 Å². The summed E-state index contributed by atoms with van der Waals surface area (Å²) in [5.41, 5.74) is 0.365. The van der Waals surface area contributed by atoms with Gasteiger partial charge in [0.05, 0.1) is 11.6 Å². The smallest absolute Gasteiger partial charge is 0.326 e. The Morgan fingerprint density at radius 1 is 1.50 bits per heavy atom. The second kappa shape index (κ2) is 7.69. The molecule has 1 aromatic rings. The van der Waals surface area contributed by atoms with Crippen molar-refractivity contribution in [3.63, 3.8) is 0 Å². The maximum absolute atomic E-state index is 12.0. The number of ether oxygens (including phenoxy) is 1. The van der Waals surface area contributed by atoms with Gasteiger partial charge in [-0.1, -0.05) is 12.2 Å². The first-order valence-electron chi connectivity index (χ1n) is 5.98. The number of halogens is 1. The van der Waals surface area contributed by atoms with Crippen molar-refractivity contribution in [3.8, 4) is 5.75 Å². The average Bonchev–Trinajstić information content (AvgIpc) is 2.42. The van der Waals surface area contributed by atoms with E-state index in [2.05, 4.69) is 21.2 Å². The normalized spacial score (nSPS) is 12.2. The third kappa shape index (κ3) is 4.38. The molecule has 2 N–H and O–H groups in total. The van der Waals surface area contributed by atoms with Crippen LogP contribution in [0.15, 0.2) is 34.8 Å². The summed E-state index contributed by atoms with van der Waals surface area (Å²) < 4.78 is 5.70. The van der Waals surface area contributed by atoms with E-state index in [0.717, 1.165) is 0 Å². The highest BCUT2D eigenvalue weighted by Gasteiger charge is 2.19. The van der Waals surface area contributed by atoms with Crippen LogP contribution in [0.3, 0.4) is 0 Å². The van der Waals surface area contributed by atoms with Crippen molar-refractivity contribution in [2.45, 2.75) is 19.4 Å². The van der Waals surface area contributed by atoms with E-state index in [1.54, 1.807) is 37.3 Å². The van der Waals surface area contributed by atoms with Crippen LogP contribution in [0.1, 0.15) is 23.7 Å². The molecule has 0 fully saturated rings. The SMILES string of the molecule is C/C=C/CC(NC(=O)c1ccc(OC)c(Br)c1)C(=O)O. The van der Waals surface area contributed by atoms with Crippen LogP contribution >= 0.6 is 15.9 Å². The van der Waals surface area contributed by atoms with Crippen LogP contribution in [0.25, 0.3) is 0 Å². The van der Waals surface area contributed by atoms with Crippen LogP contribution < -0.4 is 10.1 Å². The zero-order valence-corrected chi connectivity index (χ0v) is 12.8. The highest BCUT2D eigenvalue weighted by atomic mass is 79.9. The van der Waals surface area contributed by atoms with Gasteiger partial charge in [0.2, 0.25) is 0 Å². The molecule has 0 saturated heterocycles. The van der Waals surface area contributed by atoms with Gasteiger partial charge in [0.15, 0.2) is 0 Å². The standard InChI is InChI=1S/C14H16BrNO4/c1-3-4-5-11(14(18)19)16-13(17)9-6-7-12(20-2)10(15)8-9/h3-4,6-8,11H,5H2,1-2H3,(H,16,17)(H,18,19)/b4-3+. The molecule has 0 aliphatic carbocycles. The number of methoxy groups -OCH3 is 1. The first-order chi connectivity index (χ1) is 9.49. The van der Waals surface area contributed by atoms with E-state index < -0.39 is 17.9 Å².